The molecule has 0 unspecified atom stereocenters. The average molecular weight is 245 g/mol. The normalized spacial score (nSPS) is 12.6. The van der Waals surface area contributed by atoms with E-state index in [1.807, 2.05) is 6.92 Å². The summed E-state index contributed by atoms with van der Waals surface area (Å²) < 4.78 is 34.9. The maximum absolute atomic E-state index is 12.2. The molecule has 1 aromatic carbocycles. The highest BCUT2D eigenvalue weighted by atomic mass is 19.3. The number of hydrogen-bond acceptors (Lipinski definition) is 3. The highest BCUT2D eigenvalue weighted by Gasteiger charge is 2.15. The first-order valence-electron chi connectivity index (χ1n) is 5.43. The number of halogens is 2. The Balaban J connectivity index is 2.88. The first kappa shape index (κ1) is 13.7. The average Bonchev–Trinajstić information content (AvgIpc) is 2.29. The molecular weight excluding hydrogens is 228 g/mol. The predicted octanol–water partition coefficient (Wildman–Crippen LogP) is 2.75. The second-order valence-corrected chi connectivity index (χ2v) is 3.58. The van der Waals surface area contributed by atoms with E-state index in [9.17, 15) is 8.78 Å². The SMILES string of the molecule is CCOc1ccc([C@H](N)CC(F)F)cc1OC. The Bertz CT molecular complexity index is 358. The molecule has 2 N–H and O–H groups in total. The third kappa shape index (κ3) is 3.85. The molecule has 96 valence electrons. The zero-order valence-electron chi connectivity index (χ0n) is 9.95. The summed E-state index contributed by atoms with van der Waals surface area (Å²) in [7, 11) is 1.50. The molecule has 0 spiro atoms. The van der Waals surface area contributed by atoms with Crippen molar-refractivity contribution in [3.8, 4) is 11.5 Å². The van der Waals surface area contributed by atoms with Crippen molar-refractivity contribution in [2.45, 2.75) is 25.8 Å². The molecule has 1 aromatic rings. The van der Waals surface area contributed by atoms with Gasteiger partial charge in [0.05, 0.1) is 13.7 Å². The Kier molecular flexibility index (Phi) is 5.15. The van der Waals surface area contributed by atoms with Crippen LogP contribution in [-0.4, -0.2) is 20.1 Å². The topological polar surface area (TPSA) is 44.5 Å². The van der Waals surface area contributed by atoms with Gasteiger partial charge in [-0.25, -0.2) is 8.78 Å². The van der Waals surface area contributed by atoms with Gasteiger partial charge in [0.1, 0.15) is 0 Å². The van der Waals surface area contributed by atoms with Crippen LogP contribution in [0.4, 0.5) is 8.78 Å². The lowest BCUT2D eigenvalue weighted by atomic mass is 10.0. The molecule has 0 radical (unpaired) electrons. The molecule has 0 aliphatic heterocycles. The summed E-state index contributed by atoms with van der Waals surface area (Å²) >= 11 is 0. The molecule has 0 bridgehead atoms. The van der Waals surface area contributed by atoms with Crippen LogP contribution < -0.4 is 15.2 Å². The molecule has 0 aliphatic carbocycles. The van der Waals surface area contributed by atoms with Crippen molar-refractivity contribution in [3.05, 3.63) is 23.8 Å². The number of methoxy groups -OCH3 is 1. The summed E-state index contributed by atoms with van der Waals surface area (Å²) in [6.07, 6.45) is -2.78. The van der Waals surface area contributed by atoms with Crippen molar-refractivity contribution in [2.24, 2.45) is 5.73 Å². The van der Waals surface area contributed by atoms with E-state index in [2.05, 4.69) is 0 Å². The lowest BCUT2D eigenvalue weighted by molar-refractivity contribution is 0.128. The molecule has 0 saturated carbocycles. The van der Waals surface area contributed by atoms with Crippen LogP contribution in [0.25, 0.3) is 0 Å². The van der Waals surface area contributed by atoms with Crippen LogP contribution >= 0.6 is 0 Å². The molecule has 0 fully saturated rings. The van der Waals surface area contributed by atoms with Gasteiger partial charge >= 0.3 is 0 Å². The third-order valence-electron chi connectivity index (χ3n) is 2.35. The molecule has 3 nitrogen and oxygen atoms in total. The summed E-state index contributed by atoms with van der Waals surface area (Å²) in [5.41, 5.74) is 6.28. The molecule has 0 saturated heterocycles. The van der Waals surface area contributed by atoms with Crippen molar-refractivity contribution in [3.63, 3.8) is 0 Å². The van der Waals surface area contributed by atoms with Crippen LogP contribution in [0.5, 0.6) is 11.5 Å². The van der Waals surface area contributed by atoms with E-state index in [1.54, 1.807) is 18.2 Å². The maximum Gasteiger partial charge on any atom is 0.240 e. The second kappa shape index (κ2) is 6.39. The van der Waals surface area contributed by atoms with Crippen molar-refractivity contribution >= 4 is 0 Å². The fourth-order valence-electron chi connectivity index (χ4n) is 1.52. The van der Waals surface area contributed by atoms with Gasteiger partial charge in [-0.1, -0.05) is 6.07 Å². The van der Waals surface area contributed by atoms with Gasteiger partial charge in [-0.15, -0.1) is 0 Å². The molecule has 0 aliphatic rings. The van der Waals surface area contributed by atoms with Gasteiger partial charge in [0.15, 0.2) is 11.5 Å². The van der Waals surface area contributed by atoms with E-state index in [0.29, 0.717) is 23.7 Å². The molecule has 1 atom stereocenters. The second-order valence-electron chi connectivity index (χ2n) is 3.58. The lowest BCUT2D eigenvalue weighted by Gasteiger charge is -2.15. The van der Waals surface area contributed by atoms with Gasteiger partial charge in [-0.3, -0.25) is 0 Å². The van der Waals surface area contributed by atoms with Crippen LogP contribution in [0.1, 0.15) is 24.9 Å². The lowest BCUT2D eigenvalue weighted by Crippen LogP contribution is -2.14. The minimum Gasteiger partial charge on any atom is -0.493 e. The highest BCUT2D eigenvalue weighted by Crippen LogP contribution is 2.31. The van der Waals surface area contributed by atoms with E-state index in [4.69, 9.17) is 15.2 Å². The minimum atomic E-state index is -2.41. The standard InChI is InChI=1S/C12H17F2NO2/c1-3-17-10-5-4-8(6-11(10)16-2)9(15)7-12(13)14/h4-6,9,12H,3,7,15H2,1-2H3/t9-/m1/s1. The quantitative estimate of drug-likeness (QED) is 0.838. The van der Waals surface area contributed by atoms with E-state index in [-0.39, 0.29) is 6.42 Å². The summed E-state index contributed by atoms with van der Waals surface area (Å²) in [6.45, 7) is 2.37. The molecule has 0 aromatic heterocycles. The van der Waals surface area contributed by atoms with Gasteiger partial charge in [0, 0.05) is 12.5 Å². The van der Waals surface area contributed by atoms with E-state index in [0.717, 1.165) is 0 Å². The number of nitrogens with two attached hydrogens (primary N) is 1. The number of rotatable bonds is 6. The molecule has 1 rings (SSSR count). The summed E-state index contributed by atoms with van der Waals surface area (Å²) in [5, 5.41) is 0. The number of ether oxygens (including phenoxy) is 2. The summed E-state index contributed by atoms with van der Waals surface area (Å²) in [6, 6.07) is 4.31. The first-order valence-corrected chi connectivity index (χ1v) is 5.43. The molecule has 0 amide bonds. The largest absolute Gasteiger partial charge is 0.493 e. The zero-order chi connectivity index (χ0) is 12.8. The van der Waals surface area contributed by atoms with Crippen LogP contribution in [0.3, 0.4) is 0 Å². The maximum atomic E-state index is 12.2. The van der Waals surface area contributed by atoms with E-state index < -0.39 is 12.5 Å². The number of alkyl halides is 2. The zero-order valence-corrected chi connectivity index (χ0v) is 9.95. The van der Waals surface area contributed by atoms with Gasteiger partial charge in [-0.2, -0.15) is 0 Å². The predicted molar refractivity (Wildman–Crippen MR) is 61.7 cm³/mol. The smallest absolute Gasteiger partial charge is 0.240 e. The molecule has 5 heteroatoms. The van der Waals surface area contributed by atoms with E-state index >= 15 is 0 Å². The van der Waals surface area contributed by atoms with E-state index in [1.165, 1.54) is 7.11 Å². The number of hydrogen-bond donors (Lipinski definition) is 1. The molecule has 0 heterocycles. The van der Waals surface area contributed by atoms with Gasteiger partial charge in [0.25, 0.3) is 0 Å². The van der Waals surface area contributed by atoms with Crippen LogP contribution in [0.2, 0.25) is 0 Å². The van der Waals surface area contributed by atoms with Gasteiger partial charge in [0.2, 0.25) is 6.43 Å². The first-order chi connectivity index (χ1) is 8.08. The third-order valence-corrected chi connectivity index (χ3v) is 2.35. The highest BCUT2D eigenvalue weighted by molar-refractivity contribution is 5.43. The van der Waals surface area contributed by atoms with Crippen LogP contribution in [-0.2, 0) is 0 Å². The van der Waals surface area contributed by atoms with Crippen molar-refractivity contribution < 1.29 is 18.3 Å². The Labute approximate surface area is 99.5 Å². The molecule has 17 heavy (non-hydrogen) atoms. The summed E-state index contributed by atoms with van der Waals surface area (Å²) in [5.74, 6) is 1.09. The Morgan fingerprint density at radius 2 is 2.00 bits per heavy atom. The number of benzene rings is 1. The minimum absolute atomic E-state index is 0.364. The fourth-order valence-corrected chi connectivity index (χ4v) is 1.52. The van der Waals surface area contributed by atoms with Crippen LogP contribution in [0.15, 0.2) is 18.2 Å². The van der Waals surface area contributed by atoms with Crippen molar-refractivity contribution in [1.29, 1.82) is 0 Å². The fraction of sp³-hybridized carbons (Fsp3) is 0.500. The van der Waals surface area contributed by atoms with Crippen molar-refractivity contribution in [1.82, 2.24) is 0 Å². The van der Waals surface area contributed by atoms with Gasteiger partial charge < -0.3 is 15.2 Å². The Morgan fingerprint density at radius 3 is 2.53 bits per heavy atom. The Morgan fingerprint density at radius 1 is 1.29 bits per heavy atom. The van der Waals surface area contributed by atoms with Crippen molar-refractivity contribution in [2.75, 3.05) is 13.7 Å². The monoisotopic (exact) mass is 245 g/mol. The van der Waals surface area contributed by atoms with Crippen LogP contribution in [0, 0.1) is 0 Å². The Hall–Kier alpha value is -1.36. The summed E-state index contributed by atoms with van der Waals surface area (Å²) in [4.78, 5) is 0. The molecular formula is C12H17F2NO2. The van der Waals surface area contributed by atoms with Gasteiger partial charge in [-0.05, 0) is 24.6 Å².